The summed E-state index contributed by atoms with van der Waals surface area (Å²) in [5, 5.41) is 0. The van der Waals surface area contributed by atoms with E-state index in [-0.39, 0.29) is 5.91 Å². The summed E-state index contributed by atoms with van der Waals surface area (Å²) in [7, 11) is -3.06. The Kier molecular flexibility index (Phi) is 5.31. The molecule has 0 aliphatic carbocycles. The third-order valence-electron chi connectivity index (χ3n) is 2.84. The summed E-state index contributed by atoms with van der Waals surface area (Å²) in [6, 6.07) is 0. The molecule has 1 heterocycles. The van der Waals surface area contributed by atoms with Crippen molar-refractivity contribution in [3.05, 3.63) is 0 Å². The molecule has 1 aliphatic rings. The Labute approximate surface area is 102 Å². The average molecular weight is 264 g/mol. The molecule has 0 aromatic carbocycles. The summed E-state index contributed by atoms with van der Waals surface area (Å²) in [6.07, 6.45) is 2.37. The van der Waals surface area contributed by atoms with Gasteiger partial charge in [-0.1, -0.05) is 0 Å². The van der Waals surface area contributed by atoms with Gasteiger partial charge in [0.15, 0.2) is 0 Å². The van der Waals surface area contributed by atoms with Crippen molar-refractivity contribution in [2.24, 2.45) is 5.84 Å². The van der Waals surface area contributed by atoms with Crippen molar-refractivity contribution in [3.8, 4) is 0 Å². The number of sulfonamides is 1. The predicted octanol–water partition coefficient (Wildman–Crippen LogP) is -1.67. The van der Waals surface area contributed by atoms with Crippen LogP contribution in [0, 0.1) is 0 Å². The van der Waals surface area contributed by atoms with Crippen molar-refractivity contribution in [3.63, 3.8) is 0 Å². The largest absolute Gasteiger partial charge is 0.301 e. The zero-order valence-corrected chi connectivity index (χ0v) is 10.9. The second kappa shape index (κ2) is 6.29. The molecule has 100 valence electrons. The number of carbonyl (C=O) groups is 1. The number of hydrogen-bond donors (Lipinski definition) is 2. The van der Waals surface area contributed by atoms with Gasteiger partial charge in [-0.3, -0.25) is 10.2 Å². The van der Waals surface area contributed by atoms with Crippen molar-refractivity contribution in [2.75, 3.05) is 39.0 Å². The molecule has 1 rings (SSSR count). The Balaban J connectivity index is 2.22. The SMILES string of the molecule is CS(=O)(=O)N1CCN(CCCC(=O)NN)CC1. The van der Waals surface area contributed by atoms with Gasteiger partial charge in [0.1, 0.15) is 0 Å². The number of hydrazine groups is 1. The fourth-order valence-corrected chi connectivity index (χ4v) is 2.65. The van der Waals surface area contributed by atoms with Gasteiger partial charge in [0.05, 0.1) is 6.26 Å². The second-order valence-corrected chi connectivity index (χ2v) is 6.16. The first-order valence-electron chi connectivity index (χ1n) is 5.60. The molecule has 1 saturated heterocycles. The van der Waals surface area contributed by atoms with E-state index in [9.17, 15) is 13.2 Å². The predicted molar refractivity (Wildman–Crippen MR) is 64.4 cm³/mol. The minimum absolute atomic E-state index is 0.167. The highest BCUT2D eigenvalue weighted by atomic mass is 32.2. The summed E-state index contributed by atoms with van der Waals surface area (Å²) < 4.78 is 24.0. The van der Waals surface area contributed by atoms with E-state index in [4.69, 9.17) is 5.84 Å². The van der Waals surface area contributed by atoms with Gasteiger partial charge in [-0.05, 0) is 13.0 Å². The van der Waals surface area contributed by atoms with Gasteiger partial charge in [-0.2, -0.15) is 4.31 Å². The highest BCUT2D eigenvalue weighted by Gasteiger charge is 2.22. The third kappa shape index (κ3) is 4.99. The molecule has 7 nitrogen and oxygen atoms in total. The highest BCUT2D eigenvalue weighted by Crippen LogP contribution is 2.06. The molecule has 1 fully saturated rings. The van der Waals surface area contributed by atoms with Crippen LogP contribution in [0.15, 0.2) is 0 Å². The van der Waals surface area contributed by atoms with Gasteiger partial charge < -0.3 is 4.90 Å². The first-order valence-corrected chi connectivity index (χ1v) is 7.45. The molecular formula is C9H20N4O3S. The van der Waals surface area contributed by atoms with Crippen LogP contribution in [0.2, 0.25) is 0 Å². The Morgan fingerprint density at radius 2 is 1.88 bits per heavy atom. The average Bonchev–Trinajstić information content (AvgIpc) is 2.28. The number of rotatable bonds is 5. The van der Waals surface area contributed by atoms with E-state index in [2.05, 4.69) is 10.3 Å². The number of nitrogens with one attached hydrogen (secondary N) is 1. The molecular weight excluding hydrogens is 244 g/mol. The minimum atomic E-state index is -3.06. The van der Waals surface area contributed by atoms with Gasteiger partial charge in [0.2, 0.25) is 15.9 Å². The standard InChI is InChI=1S/C9H20N4O3S/c1-17(15,16)13-7-5-12(6-8-13)4-2-3-9(14)11-10/h2-8,10H2,1H3,(H,11,14). The maximum absolute atomic E-state index is 11.3. The van der Waals surface area contributed by atoms with Crippen molar-refractivity contribution in [1.29, 1.82) is 0 Å². The van der Waals surface area contributed by atoms with Crippen LogP contribution in [0.5, 0.6) is 0 Å². The van der Waals surface area contributed by atoms with Crippen molar-refractivity contribution in [2.45, 2.75) is 12.8 Å². The molecule has 0 spiro atoms. The van der Waals surface area contributed by atoms with E-state index in [0.29, 0.717) is 19.5 Å². The molecule has 1 amide bonds. The third-order valence-corrected chi connectivity index (χ3v) is 4.14. The van der Waals surface area contributed by atoms with Gasteiger partial charge >= 0.3 is 0 Å². The topological polar surface area (TPSA) is 95.7 Å². The molecule has 0 radical (unpaired) electrons. The Morgan fingerprint density at radius 1 is 1.29 bits per heavy atom. The van der Waals surface area contributed by atoms with Crippen LogP contribution < -0.4 is 11.3 Å². The van der Waals surface area contributed by atoms with Crippen LogP contribution >= 0.6 is 0 Å². The maximum Gasteiger partial charge on any atom is 0.233 e. The molecule has 0 bridgehead atoms. The molecule has 17 heavy (non-hydrogen) atoms. The van der Waals surface area contributed by atoms with Crippen LogP contribution in [0.25, 0.3) is 0 Å². The number of nitrogens with two attached hydrogens (primary N) is 1. The van der Waals surface area contributed by atoms with E-state index >= 15 is 0 Å². The lowest BCUT2D eigenvalue weighted by Gasteiger charge is -2.33. The lowest BCUT2D eigenvalue weighted by atomic mass is 10.2. The molecule has 8 heteroatoms. The number of piperazine rings is 1. The zero-order chi connectivity index (χ0) is 12.9. The Hall–Kier alpha value is -0.700. The van der Waals surface area contributed by atoms with Crippen LogP contribution in [-0.4, -0.2) is 62.5 Å². The Morgan fingerprint density at radius 3 is 2.35 bits per heavy atom. The van der Waals surface area contributed by atoms with Gasteiger partial charge in [0, 0.05) is 32.6 Å². The molecule has 0 unspecified atom stereocenters. The molecule has 3 N–H and O–H groups in total. The van der Waals surface area contributed by atoms with E-state index in [0.717, 1.165) is 26.1 Å². The van der Waals surface area contributed by atoms with Crippen LogP contribution in [0.3, 0.4) is 0 Å². The maximum atomic E-state index is 11.3. The second-order valence-electron chi connectivity index (χ2n) is 4.17. The number of hydrogen-bond acceptors (Lipinski definition) is 5. The zero-order valence-electron chi connectivity index (χ0n) is 10.1. The summed E-state index contributed by atoms with van der Waals surface area (Å²) in [4.78, 5) is 13.1. The van der Waals surface area contributed by atoms with Gasteiger partial charge in [-0.25, -0.2) is 14.3 Å². The normalized spacial score (nSPS) is 19.2. The summed E-state index contributed by atoms with van der Waals surface area (Å²) >= 11 is 0. The van der Waals surface area contributed by atoms with Crippen LogP contribution in [0.1, 0.15) is 12.8 Å². The first kappa shape index (κ1) is 14.4. The minimum Gasteiger partial charge on any atom is -0.301 e. The summed E-state index contributed by atoms with van der Waals surface area (Å²) in [5.41, 5.74) is 2.08. The van der Waals surface area contributed by atoms with Gasteiger partial charge in [-0.15, -0.1) is 0 Å². The fraction of sp³-hybridized carbons (Fsp3) is 0.889. The fourth-order valence-electron chi connectivity index (χ4n) is 1.82. The number of nitrogens with zero attached hydrogens (tertiary/aromatic N) is 2. The van der Waals surface area contributed by atoms with Crippen LogP contribution in [-0.2, 0) is 14.8 Å². The molecule has 1 aliphatic heterocycles. The van der Waals surface area contributed by atoms with Gasteiger partial charge in [0.25, 0.3) is 0 Å². The number of carbonyl (C=O) groups excluding carboxylic acids is 1. The number of amides is 1. The molecule has 0 aromatic rings. The lowest BCUT2D eigenvalue weighted by molar-refractivity contribution is -0.121. The van der Waals surface area contributed by atoms with Crippen molar-refractivity contribution < 1.29 is 13.2 Å². The summed E-state index contributed by atoms with van der Waals surface area (Å²) in [6.45, 7) is 3.30. The molecule has 0 saturated carbocycles. The monoisotopic (exact) mass is 264 g/mol. The molecule has 0 atom stereocenters. The first-order chi connectivity index (χ1) is 7.93. The van der Waals surface area contributed by atoms with E-state index < -0.39 is 10.0 Å². The molecule has 0 aromatic heterocycles. The quantitative estimate of drug-likeness (QED) is 0.352. The van der Waals surface area contributed by atoms with E-state index in [1.54, 1.807) is 0 Å². The smallest absolute Gasteiger partial charge is 0.233 e. The van der Waals surface area contributed by atoms with Crippen molar-refractivity contribution >= 4 is 15.9 Å². The van der Waals surface area contributed by atoms with Crippen molar-refractivity contribution in [1.82, 2.24) is 14.6 Å². The Bertz CT molecular complexity index is 349. The van der Waals surface area contributed by atoms with E-state index in [1.165, 1.54) is 10.6 Å². The van der Waals surface area contributed by atoms with E-state index in [1.807, 2.05) is 0 Å². The van der Waals surface area contributed by atoms with Crippen LogP contribution in [0.4, 0.5) is 0 Å². The lowest BCUT2D eigenvalue weighted by Crippen LogP contribution is -2.48. The highest BCUT2D eigenvalue weighted by molar-refractivity contribution is 7.88. The summed E-state index contributed by atoms with van der Waals surface area (Å²) in [5.74, 6) is 4.80.